The molecule has 4 rings (SSSR count). The Hall–Kier alpha value is -1.98. The van der Waals surface area contributed by atoms with Crippen LogP contribution in [0.15, 0.2) is 30.3 Å². The molecule has 0 atom stereocenters. The molecular formula is C20H26N4O. The number of hydrogen-bond acceptors (Lipinski definition) is 5. The molecule has 0 saturated carbocycles. The number of hydrogen-bond donors (Lipinski definition) is 1. The molecule has 25 heavy (non-hydrogen) atoms. The fourth-order valence-corrected chi connectivity index (χ4v) is 3.81. The van der Waals surface area contributed by atoms with E-state index >= 15 is 0 Å². The smallest absolute Gasteiger partial charge is 0.161 e. The lowest BCUT2D eigenvalue weighted by Crippen LogP contribution is -2.38. The third kappa shape index (κ3) is 3.53. The highest BCUT2D eigenvalue weighted by atomic mass is 16.5. The Labute approximate surface area is 149 Å². The van der Waals surface area contributed by atoms with Crippen LogP contribution in [0.3, 0.4) is 0 Å². The van der Waals surface area contributed by atoms with Crippen LogP contribution < -0.4 is 10.2 Å². The van der Waals surface area contributed by atoms with Crippen LogP contribution in [0.2, 0.25) is 0 Å². The summed E-state index contributed by atoms with van der Waals surface area (Å²) < 4.78 is 5.53. The van der Waals surface area contributed by atoms with Crippen molar-refractivity contribution in [3.8, 4) is 11.4 Å². The van der Waals surface area contributed by atoms with E-state index in [1.165, 1.54) is 11.3 Å². The van der Waals surface area contributed by atoms with Crippen molar-refractivity contribution in [1.82, 2.24) is 15.3 Å². The SMILES string of the molecule is COC1CCN(c2nc(-c3ccccc3)nc3c2CCNCC3)CC1. The monoisotopic (exact) mass is 338 g/mol. The number of methoxy groups -OCH3 is 1. The number of ether oxygens (including phenoxy) is 1. The second-order valence-corrected chi connectivity index (χ2v) is 6.83. The molecule has 0 aliphatic carbocycles. The van der Waals surface area contributed by atoms with Gasteiger partial charge in [-0.3, -0.25) is 0 Å². The third-order valence-corrected chi connectivity index (χ3v) is 5.27. The predicted molar refractivity (Wildman–Crippen MR) is 100.0 cm³/mol. The molecule has 2 aromatic rings. The molecule has 0 unspecified atom stereocenters. The summed E-state index contributed by atoms with van der Waals surface area (Å²) in [6.45, 7) is 4.00. The Balaban J connectivity index is 1.73. The van der Waals surface area contributed by atoms with Crippen LogP contribution in [0.4, 0.5) is 5.82 Å². The van der Waals surface area contributed by atoms with Gasteiger partial charge in [-0.05, 0) is 25.8 Å². The Morgan fingerprint density at radius 1 is 1.04 bits per heavy atom. The number of piperidine rings is 1. The highest BCUT2D eigenvalue weighted by molar-refractivity contribution is 5.61. The lowest BCUT2D eigenvalue weighted by molar-refractivity contribution is 0.0817. The van der Waals surface area contributed by atoms with E-state index in [2.05, 4.69) is 34.5 Å². The van der Waals surface area contributed by atoms with Crippen LogP contribution in [-0.4, -0.2) is 49.4 Å². The van der Waals surface area contributed by atoms with Gasteiger partial charge in [0.15, 0.2) is 5.82 Å². The van der Waals surface area contributed by atoms with Gasteiger partial charge in [0.2, 0.25) is 0 Å². The zero-order valence-corrected chi connectivity index (χ0v) is 14.9. The normalized spacial score (nSPS) is 18.7. The Kier molecular flexibility index (Phi) is 4.95. The van der Waals surface area contributed by atoms with Gasteiger partial charge >= 0.3 is 0 Å². The second kappa shape index (κ2) is 7.50. The topological polar surface area (TPSA) is 50.3 Å². The van der Waals surface area contributed by atoms with E-state index in [9.17, 15) is 0 Å². The van der Waals surface area contributed by atoms with Gasteiger partial charge in [0.05, 0.1) is 11.8 Å². The van der Waals surface area contributed by atoms with Gasteiger partial charge in [-0.15, -0.1) is 0 Å². The first-order chi connectivity index (χ1) is 12.3. The first-order valence-electron chi connectivity index (χ1n) is 9.29. The van der Waals surface area contributed by atoms with E-state index in [1.54, 1.807) is 0 Å². The zero-order valence-electron chi connectivity index (χ0n) is 14.9. The van der Waals surface area contributed by atoms with E-state index in [1.807, 2.05) is 13.2 Å². The quantitative estimate of drug-likeness (QED) is 0.932. The van der Waals surface area contributed by atoms with Gasteiger partial charge in [-0.2, -0.15) is 0 Å². The minimum atomic E-state index is 0.381. The van der Waals surface area contributed by atoms with Crippen molar-refractivity contribution in [3.63, 3.8) is 0 Å². The predicted octanol–water partition coefficient (Wildman–Crippen LogP) is 2.45. The lowest BCUT2D eigenvalue weighted by atomic mass is 10.0. The highest BCUT2D eigenvalue weighted by Crippen LogP contribution is 2.29. The molecule has 3 heterocycles. The molecule has 5 heteroatoms. The lowest BCUT2D eigenvalue weighted by Gasteiger charge is -2.33. The summed E-state index contributed by atoms with van der Waals surface area (Å²) >= 11 is 0. The molecule has 1 aromatic heterocycles. The van der Waals surface area contributed by atoms with E-state index in [-0.39, 0.29) is 0 Å². The molecule has 0 radical (unpaired) electrons. The maximum Gasteiger partial charge on any atom is 0.161 e. The number of benzene rings is 1. The summed E-state index contributed by atoms with van der Waals surface area (Å²) in [5.74, 6) is 1.99. The van der Waals surface area contributed by atoms with Crippen molar-refractivity contribution in [2.24, 2.45) is 0 Å². The maximum absolute atomic E-state index is 5.53. The molecule has 0 spiro atoms. The number of anilines is 1. The van der Waals surface area contributed by atoms with Crippen LogP contribution >= 0.6 is 0 Å². The van der Waals surface area contributed by atoms with E-state index in [0.717, 1.165) is 69.1 Å². The fraction of sp³-hybridized carbons (Fsp3) is 0.500. The average molecular weight is 338 g/mol. The molecule has 1 N–H and O–H groups in total. The minimum absolute atomic E-state index is 0.381. The summed E-state index contributed by atoms with van der Waals surface area (Å²) in [5, 5.41) is 3.49. The first kappa shape index (κ1) is 16.5. The van der Waals surface area contributed by atoms with Crippen LogP contribution in [0.5, 0.6) is 0 Å². The first-order valence-corrected chi connectivity index (χ1v) is 9.29. The Bertz CT molecular complexity index is 711. The molecular weight excluding hydrogens is 312 g/mol. The molecule has 1 saturated heterocycles. The zero-order chi connectivity index (χ0) is 17.1. The fourth-order valence-electron chi connectivity index (χ4n) is 3.81. The van der Waals surface area contributed by atoms with Gasteiger partial charge in [-0.1, -0.05) is 30.3 Å². The number of nitrogens with one attached hydrogen (secondary N) is 1. The number of fused-ring (bicyclic) bond motifs is 1. The summed E-state index contributed by atoms with van der Waals surface area (Å²) in [5.41, 5.74) is 3.64. The largest absolute Gasteiger partial charge is 0.381 e. The summed E-state index contributed by atoms with van der Waals surface area (Å²) in [7, 11) is 1.82. The molecule has 132 valence electrons. The van der Waals surface area contributed by atoms with Gasteiger partial charge in [-0.25, -0.2) is 9.97 Å². The molecule has 1 aromatic carbocycles. The van der Waals surface area contributed by atoms with Crippen LogP contribution in [0.1, 0.15) is 24.1 Å². The average Bonchev–Trinajstić information content (AvgIpc) is 2.93. The molecule has 5 nitrogen and oxygen atoms in total. The van der Waals surface area contributed by atoms with Crippen molar-refractivity contribution in [2.45, 2.75) is 31.8 Å². The van der Waals surface area contributed by atoms with Crippen molar-refractivity contribution < 1.29 is 4.74 Å². The Morgan fingerprint density at radius 2 is 1.80 bits per heavy atom. The summed E-state index contributed by atoms with van der Waals surface area (Å²) in [6.07, 6.45) is 4.48. The highest BCUT2D eigenvalue weighted by Gasteiger charge is 2.25. The molecule has 2 aliphatic heterocycles. The van der Waals surface area contributed by atoms with Crippen LogP contribution in [0, 0.1) is 0 Å². The maximum atomic E-state index is 5.53. The van der Waals surface area contributed by atoms with E-state index in [0.29, 0.717) is 6.10 Å². The minimum Gasteiger partial charge on any atom is -0.381 e. The van der Waals surface area contributed by atoms with Crippen LogP contribution in [0.25, 0.3) is 11.4 Å². The molecule has 0 amide bonds. The number of nitrogens with zero attached hydrogens (tertiary/aromatic N) is 3. The van der Waals surface area contributed by atoms with E-state index < -0.39 is 0 Å². The van der Waals surface area contributed by atoms with Gasteiger partial charge in [0, 0.05) is 44.3 Å². The van der Waals surface area contributed by atoms with Gasteiger partial charge in [0.25, 0.3) is 0 Å². The standard InChI is InChI=1S/C20H26N4O/c1-25-16-9-13-24(14-10-16)20-17-7-11-21-12-8-18(17)22-19(23-20)15-5-3-2-4-6-15/h2-6,16,21H,7-14H2,1H3. The molecule has 2 aliphatic rings. The Morgan fingerprint density at radius 3 is 2.56 bits per heavy atom. The summed E-state index contributed by atoms with van der Waals surface area (Å²) in [4.78, 5) is 12.4. The molecule has 1 fully saturated rings. The van der Waals surface area contributed by atoms with Gasteiger partial charge < -0.3 is 15.0 Å². The van der Waals surface area contributed by atoms with Gasteiger partial charge in [0.1, 0.15) is 5.82 Å². The third-order valence-electron chi connectivity index (χ3n) is 5.27. The van der Waals surface area contributed by atoms with Crippen molar-refractivity contribution >= 4 is 5.82 Å². The summed E-state index contributed by atoms with van der Waals surface area (Å²) in [6, 6.07) is 10.3. The second-order valence-electron chi connectivity index (χ2n) is 6.83. The molecule has 0 bridgehead atoms. The van der Waals surface area contributed by atoms with Crippen molar-refractivity contribution in [3.05, 3.63) is 41.6 Å². The van der Waals surface area contributed by atoms with Crippen molar-refractivity contribution in [2.75, 3.05) is 38.2 Å². The van der Waals surface area contributed by atoms with Crippen molar-refractivity contribution in [1.29, 1.82) is 0 Å². The number of rotatable bonds is 3. The van der Waals surface area contributed by atoms with Crippen LogP contribution in [-0.2, 0) is 17.6 Å². The van der Waals surface area contributed by atoms with E-state index in [4.69, 9.17) is 14.7 Å². The number of aromatic nitrogens is 2.